The van der Waals surface area contributed by atoms with Crippen LogP contribution in [0.25, 0.3) is 10.8 Å². The Balaban J connectivity index is 2.19. The van der Waals surface area contributed by atoms with Crippen molar-refractivity contribution in [3.63, 3.8) is 0 Å². The number of hydrogen-bond acceptors (Lipinski definition) is 2. The molecule has 0 aliphatic heterocycles. The van der Waals surface area contributed by atoms with Gasteiger partial charge >= 0.3 is 6.03 Å². The highest BCUT2D eigenvalue weighted by molar-refractivity contribution is 6.03. The van der Waals surface area contributed by atoms with E-state index in [0.29, 0.717) is 17.0 Å². The van der Waals surface area contributed by atoms with Crippen molar-refractivity contribution in [2.24, 2.45) is 5.92 Å². The smallest absolute Gasteiger partial charge is 0.323 e. The average molecular weight is 284 g/mol. The van der Waals surface area contributed by atoms with Crippen molar-refractivity contribution in [1.82, 2.24) is 5.32 Å². The number of aromatic hydroxyl groups is 1. The van der Waals surface area contributed by atoms with Crippen LogP contribution in [0.15, 0.2) is 48.2 Å². The zero-order valence-corrected chi connectivity index (χ0v) is 12.5. The Morgan fingerprint density at radius 1 is 1.14 bits per heavy atom. The Kier molecular flexibility index (Phi) is 4.48. The summed E-state index contributed by atoms with van der Waals surface area (Å²) in [5.41, 5.74) is 1.76. The van der Waals surface area contributed by atoms with Gasteiger partial charge < -0.3 is 15.7 Å². The predicted molar refractivity (Wildman–Crippen MR) is 86.4 cm³/mol. The first-order valence-corrected chi connectivity index (χ1v) is 6.94. The summed E-state index contributed by atoms with van der Waals surface area (Å²) in [6.45, 7) is 6.11. The van der Waals surface area contributed by atoms with Crippen molar-refractivity contribution in [2.45, 2.75) is 20.8 Å². The molecule has 0 aliphatic rings. The molecule has 4 heteroatoms. The van der Waals surface area contributed by atoms with Gasteiger partial charge in [-0.05, 0) is 25.0 Å². The molecule has 0 heterocycles. The number of benzene rings is 2. The van der Waals surface area contributed by atoms with Crippen LogP contribution in [0.2, 0.25) is 0 Å². The first kappa shape index (κ1) is 14.9. The Hall–Kier alpha value is -2.49. The van der Waals surface area contributed by atoms with Crippen LogP contribution in [0, 0.1) is 5.92 Å². The molecule has 2 aromatic carbocycles. The Morgan fingerprint density at radius 2 is 1.81 bits per heavy atom. The lowest BCUT2D eigenvalue weighted by Crippen LogP contribution is -2.24. The zero-order valence-electron chi connectivity index (χ0n) is 12.5. The largest absolute Gasteiger partial charge is 0.507 e. The molecule has 0 saturated carbocycles. The molecule has 0 aliphatic carbocycles. The number of fused-ring (bicyclic) bond motifs is 1. The fourth-order valence-electron chi connectivity index (χ4n) is 1.91. The van der Waals surface area contributed by atoms with Crippen LogP contribution >= 0.6 is 0 Å². The maximum Gasteiger partial charge on any atom is 0.323 e. The van der Waals surface area contributed by atoms with E-state index in [9.17, 15) is 9.90 Å². The molecule has 2 amide bonds. The molecule has 0 atom stereocenters. The summed E-state index contributed by atoms with van der Waals surface area (Å²) in [7, 11) is 0. The van der Waals surface area contributed by atoms with Crippen LogP contribution in [0.3, 0.4) is 0 Å². The number of carbonyl (C=O) groups is 1. The molecule has 0 radical (unpaired) electrons. The number of allylic oxidation sites excluding steroid dienone is 1. The lowest BCUT2D eigenvalue weighted by molar-refractivity contribution is 0.255. The molecule has 110 valence electrons. The van der Waals surface area contributed by atoms with Gasteiger partial charge in [0.2, 0.25) is 0 Å². The van der Waals surface area contributed by atoms with Crippen molar-refractivity contribution in [2.75, 3.05) is 5.32 Å². The third kappa shape index (κ3) is 3.54. The number of urea groups is 1. The van der Waals surface area contributed by atoms with E-state index in [1.54, 1.807) is 30.5 Å². The van der Waals surface area contributed by atoms with Gasteiger partial charge in [0.15, 0.2) is 0 Å². The highest BCUT2D eigenvalue weighted by Gasteiger charge is 2.06. The van der Waals surface area contributed by atoms with E-state index >= 15 is 0 Å². The van der Waals surface area contributed by atoms with Gasteiger partial charge in [-0.25, -0.2) is 4.79 Å². The van der Waals surface area contributed by atoms with Crippen molar-refractivity contribution in [3.05, 3.63) is 48.2 Å². The lowest BCUT2D eigenvalue weighted by atomic mass is 10.1. The third-order valence-electron chi connectivity index (χ3n) is 3.49. The van der Waals surface area contributed by atoms with E-state index in [1.807, 2.05) is 19.1 Å². The molecule has 3 N–H and O–H groups in total. The fourth-order valence-corrected chi connectivity index (χ4v) is 1.91. The zero-order chi connectivity index (χ0) is 15.4. The maximum atomic E-state index is 11.9. The number of phenols is 1. The SMILES string of the molecule is C/C(=C\NC(=O)Nc1cccc2c(O)cccc12)C(C)C. The van der Waals surface area contributed by atoms with E-state index in [0.717, 1.165) is 11.0 Å². The second-order valence-corrected chi connectivity index (χ2v) is 5.32. The monoisotopic (exact) mass is 284 g/mol. The summed E-state index contributed by atoms with van der Waals surface area (Å²) in [4.78, 5) is 11.9. The van der Waals surface area contributed by atoms with Crippen LogP contribution in [-0.4, -0.2) is 11.1 Å². The molecule has 0 unspecified atom stereocenters. The van der Waals surface area contributed by atoms with Gasteiger partial charge in [-0.2, -0.15) is 0 Å². The fraction of sp³-hybridized carbons (Fsp3) is 0.235. The highest BCUT2D eigenvalue weighted by Crippen LogP contribution is 2.29. The lowest BCUT2D eigenvalue weighted by Gasteiger charge is -2.10. The molecule has 0 spiro atoms. The van der Waals surface area contributed by atoms with Gasteiger partial charge in [-0.3, -0.25) is 0 Å². The summed E-state index contributed by atoms with van der Waals surface area (Å²) in [5, 5.41) is 16.9. The number of carbonyl (C=O) groups excluding carboxylic acids is 1. The molecule has 21 heavy (non-hydrogen) atoms. The van der Waals surface area contributed by atoms with E-state index in [-0.39, 0.29) is 11.8 Å². The third-order valence-corrected chi connectivity index (χ3v) is 3.49. The van der Waals surface area contributed by atoms with Gasteiger partial charge in [0, 0.05) is 17.0 Å². The van der Waals surface area contributed by atoms with Crippen molar-refractivity contribution in [3.8, 4) is 5.75 Å². The normalized spacial score (nSPS) is 11.7. The Bertz CT molecular complexity index is 690. The Morgan fingerprint density at radius 3 is 2.52 bits per heavy atom. The van der Waals surface area contributed by atoms with Crippen LogP contribution in [0.5, 0.6) is 5.75 Å². The van der Waals surface area contributed by atoms with Gasteiger partial charge in [0.1, 0.15) is 5.75 Å². The predicted octanol–water partition coefficient (Wildman–Crippen LogP) is 4.23. The second-order valence-electron chi connectivity index (χ2n) is 5.32. The maximum absolute atomic E-state index is 11.9. The standard InChI is InChI=1S/C17H20N2O2/c1-11(2)12(3)10-18-17(21)19-15-8-4-7-14-13(15)6-5-9-16(14)20/h4-11,20H,1-3H3,(H2,18,19,21)/b12-10+. The number of phenolic OH excluding ortho intramolecular Hbond substituents is 1. The van der Waals surface area contributed by atoms with Crippen LogP contribution < -0.4 is 10.6 Å². The van der Waals surface area contributed by atoms with Gasteiger partial charge in [0.25, 0.3) is 0 Å². The minimum absolute atomic E-state index is 0.201. The van der Waals surface area contributed by atoms with Gasteiger partial charge in [-0.15, -0.1) is 0 Å². The minimum Gasteiger partial charge on any atom is -0.507 e. The van der Waals surface area contributed by atoms with E-state index < -0.39 is 0 Å². The molecule has 0 bridgehead atoms. The quantitative estimate of drug-likeness (QED) is 0.790. The molecular weight excluding hydrogens is 264 g/mol. The van der Waals surface area contributed by atoms with E-state index in [2.05, 4.69) is 24.5 Å². The summed E-state index contributed by atoms with van der Waals surface area (Å²) in [5.74, 6) is 0.590. The van der Waals surface area contributed by atoms with Crippen LogP contribution in [0.1, 0.15) is 20.8 Å². The van der Waals surface area contributed by atoms with E-state index in [4.69, 9.17) is 0 Å². The number of amides is 2. The molecule has 2 aromatic rings. The summed E-state index contributed by atoms with van der Waals surface area (Å²) in [6, 6.07) is 10.4. The number of nitrogens with one attached hydrogen (secondary N) is 2. The number of anilines is 1. The first-order valence-electron chi connectivity index (χ1n) is 6.94. The van der Waals surface area contributed by atoms with Gasteiger partial charge in [-0.1, -0.05) is 43.7 Å². The van der Waals surface area contributed by atoms with Gasteiger partial charge in [0.05, 0.1) is 5.69 Å². The molecule has 4 nitrogen and oxygen atoms in total. The van der Waals surface area contributed by atoms with Crippen molar-refractivity contribution < 1.29 is 9.90 Å². The molecular formula is C17H20N2O2. The minimum atomic E-state index is -0.300. The summed E-state index contributed by atoms with van der Waals surface area (Å²) < 4.78 is 0. The number of rotatable bonds is 3. The van der Waals surface area contributed by atoms with E-state index in [1.165, 1.54) is 0 Å². The first-order chi connectivity index (χ1) is 9.99. The molecule has 0 saturated heterocycles. The van der Waals surface area contributed by atoms with Crippen LogP contribution in [-0.2, 0) is 0 Å². The number of hydrogen-bond donors (Lipinski definition) is 3. The second kappa shape index (κ2) is 6.31. The molecule has 0 aromatic heterocycles. The summed E-state index contributed by atoms with van der Waals surface area (Å²) >= 11 is 0. The Labute approximate surface area is 124 Å². The average Bonchev–Trinajstić information content (AvgIpc) is 2.45. The summed E-state index contributed by atoms with van der Waals surface area (Å²) in [6.07, 6.45) is 1.71. The van der Waals surface area contributed by atoms with Crippen LogP contribution in [0.4, 0.5) is 10.5 Å². The topological polar surface area (TPSA) is 61.4 Å². The van der Waals surface area contributed by atoms with Crippen molar-refractivity contribution >= 4 is 22.5 Å². The van der Waals surface area contributed by atoms with Crippen molar-refractivity contribution in [1.29, 1.82) is 0 Å². The molecule has 0 fully saturated rings. The molecule has 2 rings (SSSR count). The highest BCUT2D eigenvalue weighted by atomic mass is 16.3.